The minimum Gasteiger partial charge on any atom is -0.359 e. The average molecular weight is 315 g/mol. The van der Waals surface area contributed by atoms with Crippen LogP contribution in [0.2, 0.25) is 0 Å². The third-order valence-corrected chi connectivity index (χ3v) is 4.18. The van der Waals surface area contributed by atoms with Crippen LogP contribution in [0.15, 0.2) is 30.6 Å². The monoisotopic (exact) mass is 315 g/mol. The largest absolute Gasteiger partial charge is 0.359 e. The molecule has 0 unspecified atom stereocenters. The molecule has 0 spiro atoms. The molecule has 0 saturated carbocycles. The van der Waals surface area contributed by atoms with Gasteiger partial charge in [-0.25, -0.2) is 0 Å². The highest BCUT2D eigenvalue weighted by Crippen LogP contribution is 2.21. The van der Waals surface area contributed by atoms with Crippen molar-refractivity contribution in [2.24, 2.45) is 13.0 Å². The zero-order valence-corrected chi connectivity index (χ0v) is 13.4. The first-order valence-electron chi connectivity index (χ1n) is 7.70. The lowest BCUT2D eigenvalue weighted by molar-refractivity contribution is -0.121. The number of aromatic nitrogens is 3. The molecular formula is C16H21N5O2. The SMILES string of the molecule is CNC(=O)C[C@H]1CN(C(=O)c2ccn(C)n2)Cc2cccn2C1. The quantitative estimate of drug-likeness (QED) is 0.903. The Morgan fingerprint density at radius 2 is 2.13 bits per heavy atom. The Morgan fingerprint density at radius 3 is 2.83 bits per heavy atom. The van der Waals surface area contributed by atoms with Crippen LogP contribution in [0.4, 0.5) is 0 Å². The molecule has 3 heterocycles. The summed E-state index contributed by atoms with van der Waals surface area (Å²) in [6.07, 6.45) is 4.16. The molecule has 1 atom stereocenters. The van der Waals surface area contributed by atoms with Crippen LogP contribution in [-0.4, -0.2) is 44.7 Å². The van der Waals surface area contributed by atoms with Crippen LogP contribution in [0.3, 0.4) is 0 Å². The molecule has 1 N–H and O–H groups in total. The number of hydrogen-bond acceptors (Lipinski definition) is 3. The van der Waals surface area contributed by atoms with Gasteiger partial charge in [0, 0.05) is 57.6 Å². The Hall–Kier alpha value is -2.57. The molecule has 23 heavy (non-hydrogen) atoms. The van der Waals surface area contributed by atoms with Crippen molar-refractivity contribution in [2.45, 2.75) is 19.5 Å². The van der Waals surface area contributed by atoms with E-state index < -0.39 is 0 Å². The third kappa shape index (κ3) is 3.28. The Labute approximate surface area is 134 Å². The summed E-state index contributed by atoms with van der Waals surface area (Å²) in [5, 5.41) is 6.86. The van der Waals surface area contributed by atoms with Crippen molar-refractivity contribution >= 4 is 11.8 Å². The molecular weight excluding hydrogens is 294 g/mol. The maximum Gasteiger partial charge on any atom is 0.274 e. The van der Waals surface area contributed by atoms with Crippen molar-refractivity contribution in [2.75, 3.05) is 13.6 Å². The number of aryl methyl sites for hydroxylation is 1. The summed E-state index contributed by atoms with van der Waals surface area (Å²) in [6.45, 7) is 1.82. The Bertz CT molecular complexity index is 718. The lowest BCUT2D eigenvalue weighted by Gasteiger charge is -2.23. The van der Waals surface area contributed by atoms with E-state index >= 15 is 0 Å². The van der Waals surface area contributed by atoms with Crippen molar-refractivity contribution in [1.82, 2.24) is 24.6 Å². The number of carbonyl (C=O) groups excluding carboxylic acids is 2. The van der Waals surface area contributed by atoms with E-state index in [4.69, 9.17) is 0 Å². The van der Waals surface area contributed by atoms with Crippen molar-refractivity contribution in [3.8, 4) is 0 Å². The van der Waals surface area contributed by atoms with E-state index in [0.29, 0.717) is 25.2 Å². The molecule has 1 aliphatic rings. The Balaban J connectivity index is 1.84. The number of nitrogens with one attached hydrogen (secondary N) is 1. The zero-order valence-electron chi connectivity index (χ0n) is 13.4. The van der Waals surface area contributed by atoms with Crippen LogP contribution in [-0.2, 0) is 24.9 Å². The van der Waals surface area contributed by atoms with E-state index in [1.165, 1.54) is 0 Å². The normalized spacial score (nSPS) is 17.5. The van der Waals surface area contributed by atoms with E-state index in [1.807, 2.05) is 18.3 Å². The van der Waals surface area contributed by atoms with Gasteiger partial charge in [0.25, 0.3) is 5.91 Å². The highest BCUT2D eigenvalue weighted by molar-refractivity contribution is 5.92. The first kappa shape index (κ1) is 15.3. The fraction of sp³-hybridized carbons (Fsp3) is 0.438. The molecule has 2 aromatic heterocycles. The number of carbonyl (C=O) groups is 2. The second kappa shape index (κ2) is 6.28. The maximum absolute atomic E-state index is 12.7. The smallest absolute Gasteiger partial charge is 0.274 e. The molecule has 1 aliphatic heterocycles. The summed E-state index contributed by atoms with van der Waals surface area (Å²) in [4.78, 5) is 26.3. The van der Waals surface area contributed by atoms with E-state index in [1.54, 1.807) is 35.9 Å². The molecule has 0 aromatic carbocycles. The van der Waals surface area contributed by atoms with Gasteiger partial charge >= 0.3 is 0 Å². The number of amides is 2. The van der Waals surface area contributed by atoms with Crippen LogP contribution in [0.5, 0.6) is 0 Å². The standard InChI is InChI=1S/C16H21N5O2/c1-17-15(22)8-12-9-20-6-3-4-13(20)11-21(10-12)16(23)14-5-7-19(2)18-14/h3-7,12H,8-11H2,1-2H3,(H,17,22)/t12-/m1/s1. The minimum absolute atomic E-state index is 0.00385. The van der Waals surface area contributed by atoms with Crippen molar-refractivity contribution in [3.05, 3.63) is 42.0 Å². The first-order chi connectivity index (χ1) is 11.1. The Kier molecular flexibility index (Phi) is 4.18. The summed E-state index contributed by atoms with van der Waals surface area (Å²) < 4.78 is 3.75. The van der Waals surface area contributed by atoms with Gasteiger partial charge < -0.3 is 14.8 Å². The van der Waals surface area contributed by atoms with Gasteiger partial charge in [-0.1, -0.05) is 0 Å². The number of hydrogen-bond donors (Lipinski definition) is 1. The molecule has 122 valence electrons. The van der Waals surface area contributed by atoms with Gasteiger partial charge in [0.05, 0.1) is 6.54 Å². The maximum atomic E-state index is 12.7. The van der Waals surface area contributed by atoms with Crippen LogP contribution >= 0.6 is 0 Å². The average Bonchev–Trinajstić information content (AvgIpc) is 3.11. The lowest BCUT2D eigenvalue weighted by Crippen LogP contribution is -2.36. The van der Waals surface area contributed by atoms with Crippen LogP contribution in [0.1, 0.15) is 22.6 Å². The molecule has 0 radical (unpaired) electrons. The van der Waals surface area contributed by atoms with Crippen molar-refractivity contribution < 1.29 is 9.59 Å². The van der Waals surface area contributed by atoms with E-state index in [2.05, 4.69) is 15.0 Å². The molecule has 2 aromatic rings. The van der Waals surface area contributed by atoms with E-state index in [-0.39, 0.29) is 17.7 Å². The molecule has 7 nitrogen and oxygen atoms in total. The molecule has 0 bridgehead atoms. The Morgan fingerprint density at radius 1 is 1.30 bits per heavy atom. The molecule has 0 fully saturated rings. The van der Waals surface area contributed by atoms with Crippen LogP contribution in [0.25, 0.3) is 0 Å². The number of nitrogens with zero attached hydrogens (tertiary/aromatic N) is 4. The molecule has 3 rings (SSSR count). The van der Waals surface area contributed by atoms with Crippen molar-refractivity contribution in [1.29, 1.82) is 0 Å². The van der Waals surface area contributed by atoms with E-state index in [9.17, 15) is 9.59 Å². The summed E-state index contributed by atoms with van der Waals surface area (Å²) in [7, 11) is 3.43. The number of fused-ring (bicyclic) bond motifs is 1. The minimum atomic E-state index is -0.0952. The molecule has 0 saturated heterocycles. The van der Waals surface area contributed by atoms with Gasteiger partial charge in [-0.05, 0) is 18.2 Å². The second-order valence-corrected chi connectivity index (χ2v) is 5.96. The number of rotatable bonds is 3. The van der Waals surface area contributed by atoms with E-state index in [0.717, 1.165) is 12.2 Å². The van der Waals surface area contributed by atoms with Gasteiger partial charge in [-0.2, -0.15) is 5.10 Å². The zero-order chi connectivity index (χ0) is 16.4. The fourth-order valence-electron chi connectivity index (χ4n) is 3.02. The molecule has 0 aliphatic carbocycles. The predicted molar refractivity (Wildman–Crippen MR) is 84.6 cm³/mol. The van der Waals surface area contributed by atoms with Crippen LogP contribution < -0.4 is 5.32 Å². The van der Waals surface area contributed by atoms with Crippen molar-refractivity contribution in [3.63, 3.8) is 0 Å². The van der Waals surface area contributed by atoms with Gasteiger partial charge in [0.1, 0.15) is 5.69 Å². The highest BCUT2D eigenvalue weighted by atomic mass is 16.2. The topological polar surface area (TPSA) is 72.2 Å². The first-order valence-corrected chi connectivity index (χ1v) is 7.70. The summed E-state index contributed by atoms with van der Waals surface area (Å²) >= 11 is 0. The summed E-state index contributed by atoms with van der Waals surface area (Å²) in [6, 6.07) is 5.71. The predicted octanol–water partition coefficient (Wildman–Crippen LogP) is 0.630. The molecule has 7 heteroatoms. The lowest BCUT2D eigenvalue weighted by atomic mass is 10.0. The second-order valence-electron chi connectivity index (χ2n) is 5.96. The van der Waals surface area contributed by atoms with Crippen LogP contribution in [0, 0.1) is 5.92 Å². The van der Waals surface area contributed by atoms with Gasteiger partial charge in [-0.3, -0.25) is 14.3 Å². The van der Waals surface area contributed by atoms with Gasteiger partial charge in [0.15, 0.2) is 0 Å². The third-order valence-electron chi connectivity index (χ3n) is 4.18. The fourth-order valence-corrected chi connectivity index (χ4v) is 3.02. The van der Waals surface area contributed by atoms with Gasteiger partial charge in [0.2, 0.25) is 5.91 Å². The highest BCUT2D eigenvalue weighted by Gasteiger charge is 2.27. The van der Waals surface area contributed by atoms with Gasteiger partial charge in [-0.15, -0.1) is 0 Å². The summed E-state index contributed by atoms with van der Waals surface area (Å²) in [5.41, 5.74) is 1.51. The summed E-state index contributed by atoms with van der Waals surface area (Å²) in [5.74, 6) is -0.0192. The molecule has 2 amide bonds.